The van der Waals surface area contributed by atoms with Gasteiger partial charge in [-0.25, -0.2) is 0 Å². The normalized spacial score (nSPS) is 9.85. The summed E-state index contributed by atoms with van der Waals surface area (Å²) in [4.78, 5) is 18.4. The van der Waals surface area contributed by atoms with Crippen molar-refractivity contribution in [3.63, 3.8) is 0 Å². The molecule has 3 heteroatoms. The van der Waals surface area contributed by atoms with Gasteiger partial charge in [-0.1, -0.05) is 0 Å². The molecule has 0 spiro atoms. The Bertz CT molecular complexity index is 392. The molecule has 3 nitrogen and oxygen atoms in total. The first kappa shape index (κ1) is 7.73. The van der Waals surface area contributed by atoms with Gasteiger partial charge >= 0.3 is 0 Å². The van der Waals surface area contributed by atoms with Crippen LogP contribution in [0.15, 0.2) is 42.9 Å². The molecular weight excluding hydrogens is 164 g/mol. The number of hydrogen-bond acceptors (Lipinski definition) is 2. The predicted molar refractivity (Wildman–Crippen MR) is 48.5 cm³/mol. The lowest BCUT2D eigenvalue weighted by Crippen LogP contribution is -2.01. The lowest BCUT2D eigenvalue weighted by atomic mass is 10.1. The molecule has 0 unspecified atom stereocenters. The third-order valence-electron chi connectivity index (χ3n) is 1.77. The first-order chi connectivity index (χ1) is 6.38. The number of H-pyrrole nitrogens is 1. The topological polar surface area (TPSA) is 45.8 Å². The molecule has 0 aromatic carbocycles. The van der Waals surface area contributed by atoms with Gasteiger partial charge in [-0.05, 0) is 24.3 Å². The van der Waals surface area contributed by atoms with Crippen LogP contribution < -0.4 is 0 Å². The number of aromatic nitrogens is 2. The van der Waals surface area contributed by atoms with Crippen LogP contribution in [0, 0.1) is 0 Å². The molecule has 0 fully saturated rings. The zero-order chi connectivity index (χ0) is 9.10. The number of nitrogens with one attached hydrogen (secondary N) is 1. The SMILES string of the molecule is O=C(c1cccnc1)c1ccc[nH]1. The number of carbonyl (C=O) groups excluding carboxylic acids is 1. The van der Waals surface area contributed by atoms with Crippen LogP contribution in [-0.2, 0) is 0 Å². The molecule has 1 N–H and O–H groups in total. The van der Waals surface area contributed by atoms with Gasteiger partial charge in [0.1, 0.15) is 0 Å². The number of rotatable bonds is 2. The highest BCUT2D eigenvalue weighted by atomic mass is 16.1. The van der Waals surface area contributed by atoms with E-state index in [1.54, 1.807) is 42.9 Å². The molecular formula is C10H8N2O. The Balaban J connectivity index is 2.34. The molecule has 0 saturated heterocycles. The Kier molecular flexibility index (Phi) is 1.92. The van der Waals surface area contributed by atoms with E-state index in [2.05, 4.69) is 9.97 Å². The average molecular weight is 172 g/mol. The van der Waals surface area contributed by atoms with Crippen molar-refractivity contribution in [1.82, 2.24) is 9.97 Å². The van der Waals surface area contributed by atoms with Gasteiger partial charge in [0.25, 0.3) is 0 Å². The van der Waals surface area contributed by atoms with E-state index >= 15 is 0 Å². The van der Waals surface area contributed by atoms with E-state index in [9.17, 15) is 4.79 Å². The third kappa shape index (κ3) is 1.49. The summed E-state index contributed by atoms with van der Waals surface area (Å²) in [7, 11) is 0. The van der Waals surface area contributed by atoms with Gasteiger partial charge in [-0.15, -0.1) is 0 Å². The highest BCUT2D eigenvalue weighted by Crippen LogP contribution is 2.05. The van der Waals surface area contributed by atoms with E-state index in [4.69, 9.17) is 0 Å². The number of aromatic amines is 1. The zero-order valence-electron chi connectivity index (χ0n) is 6.90. The number of pyridine rings is 1. The summed E-state index contributed by atoms with van der Waals surface area (Å²) >= 11 is 0. The molecule has 0 radical (unpaired) electrons. The van der Waals surface area contributed by atoms with Crippen LogP contribution >= 0.6 is 0 Å². The van der Waals surface area contributed by atoms with Crippen LogP contribution in [0.5, 0.6) is 0 Å². The predicted octanol–water partition coefficient (Wildman–Crippen LogP) is 1.64. The number of hydrogen-bond donors (Lipinski definition) is 1. The van der Waals surface area contributed by atoms with Crippen LogP contribution in [0.1, 0.15) is 16.1 Å². The summed E-state index contributed by atoms with van der Waals surface area (Å²) in [5.41, 5.74) is 1.19. The van der Waals surface area contributed by atoms with Gasteiger partial charge < -0.3 is 4.98 Å². The number of carbonyl (C=O) groups is 1. The maximum Gasteiger partial charge on any atom is 0.210 e. The van der Waals surface area contributed by atoms with Crippen LogP contribution in [0.3, 0.4) is 0 Å². The minimum atomic E-state index is -0.0295. The Morgan fingerprint density at radius 2 is 2.23 bits per heavy atom. The lowest BCUT2D eigenvalue weighted by molar-refractivity contribution is 0.103. The van der Waals surface area contributed by atoms with Crippen molar-refractivity contribution in [1.29, 1.82) is 0 Å². The molecule has 0 aliphatic carbocycles. The maximum absolute atomic E-state index is 11.6. The summed E-state index contributed by atoms with van der Waals surface area (Å²) in [6.45, 7) is 0. The first-order valence-corrected chi connectivity index (χ1v) is 3.96. The Labute approximate surface area is 75.4 Å². The standard InChI is InChI=1S/C10H8N2O/c13-10(9-4-2-6-12-9)8-3-1-5-11-7-8/h1-7,12H. The van der Waals surface area contributed by atoms with Crippen molar-refractivity contribution in [2.75, 3.05) is 0 Å². The van der Waals surface area contributed by atoms with Gasteiger partial charge in [0.2, 0.25) is 5.78 Å². The van der Waals surface area contributed by atoms with E-state index in [0.717, 1.165) is 0 Å². The monoisotopic (exact) mass is 172 g/mol. The van der Waals surface area contributed by atoms with Crippen LogP contribution in [0.4, 0.5) is 0 Å². The fourth-order valence-electron chi connectivity index (χ4n) is 1.12. The second-order valence-corrected chi connectivity index (χ2v) is 2.65. The Morgan fingerprint density at radius 3 is 2.85 bits per heavy atom. The first-order valence-electron chi connectivity index (χ1n) is 3.96. The Morgan fingerprint density at radius 1 is 1.31 bits per heavy atom. The molecule has 2 aromatic rings. The van der Waals surface area contributed by atoms with Crippen molar-refractivity contribution in [3.05, 3.63) is 54.1 Å². The highest BCUT2D eigenvalue weighted by molar-refractivity contribution is 6.07. The maximum atomic E-state index is 11.6. The summed E-state index contributed by atoms with van der Waals surface area (Å²) < 4.78 is 0. The molecule has 0 aliphatic rings. The molecule has 0 saturated carbocycles. The fourth-order valence-corrected chi connectivity index (χ4v) is 1.12. The molecule has 0 atom stereocenters. The second kappa shape index (κ2) is 3.23. The molecule has 2 heterocycles. The minimum absolute atomic E-state index is 0.0295. The lowest BCUT2D eigenvalue weighted by Gasteiger charge is -1.95. The molecule has 0 amide bonds. The van der Waals surface area contributed by atoms with Gasteiger partial charge in [0.05, 0.1) is 5.69 Å². The molecule has 2 rings (SSSR count). The quantitative estimate of drug-likeness (QED) is 0.700. The van der Waals surface area contributed by atoms with Crippen LogP contribution in [0.25, 0.3) is 0 Å². The van der Waals surface area contributed by atoms with Gasteiger partial charge in [0.15, 0.2) is 0 Å². The van der Waals surface area contributed by atoms with Gasteiger partial charge in [-0.2, -0.15) is 0 Å². The van der Waals surface area contributed by atoms with E-state index in [0.29, 0.717) is 11.3 Å². The molecule has 0 aliphatic heterocycles. The molecule has 2 aromatic heterocycles. The molecule has 64 valence electrons. The highest BCUT2D eigenvalue weighted by Gasteiger charge is 2.08. The Hall–Kier alpha value is -1.90. The van der Waals surface area contributed by atoms with Crippen molar-refractivity contribution in [3.8, 4) is 0 Å². The van der Waals surface area contributed by atoms with Crippen LogP contribution in [-0.4, -0.2) is 15.8 Å². The van der Waals surface area contributed by atoms with Gasteiger partial charge in [0, 0.05) is 24.2 Å². The molecule has 13 heavy (non-hydrogen) atoms. The summed E-state index contributed by atoms with van der Waals surface area (Å²) in [6, 6.07) is 7.03. The van der Waals surface area contributed by atoms with E-state index in [1.807, 2.05) is 0 Å². The third-order valence-corrected chi connectivity index (χ3v) is 1.77. The van der Waals surface area contributed by atoms with E-state index < -0.39 is 0 Å². The van der Waals surface area contributed by atoms with Crippen molar-refractivity contribution < 1.29 is 4.79 Å². The number of ketones is 1. The summed E-state index contributed by atoms with van der Waals surface area (Å²) in [6.07, 6.45) is 4.93. The average Bonchev–Trinajstić information content (AvgIpc) is 2.71. The smallest absolute Gasteiger partial charge is 0.210 e. The van der Waals surface area contributed by atoms with E-state index in [-0.39, 0.29) is 5.78 Å². The second-order valence-electron chi connectivity index (χ2n) is 2.65. The largest absolute Gasteiger partial charge is 0.359 e. The molecule has 0 bridgehead atoms. The van der Waals surface area contributed by atoms with Crippen molar-refractivity contribution in [2.24, 2.45) is 0 Å². The minimum Gasteiger partial charge on any atom is -0.359 e. The zero-order valence-corrected chi connectivity index (χ0v) is 6.90. The van der Waals surface area contributed by atoms with Crippen molar-refractivity contribution >= 4 is 5.78 Å². The fraction of sp³-hybridized carbons (Fsp3) is 0. The summed E-state index contributed by atoms with van der Waals surface area (Å²) in [5, 5.41) is 0. The van der Waals surface area contributed by atoms with E-state index in [1.165, 1.54) is 0 Å². The number of nitrogens with zero attached hydrogens (tertiary/aromatic N) is 1. The van der Waals surface area contributed by atoms with Crippen LogP contribution in [0.2, 0.25) is 0 Å². The van der Waals surface area contributed by atoms with Crippen molar-refractivity contribution in [2.45, 2.75) is 0 Å². The summed E-state index contributed by atoms with van der Waals surface area (Å²) in [5.74, 6) is -0.0295. The van der Waals surface area contributed by atoms with Gasteiger partial charge in [-0.3, -0.25) is 9.78 Å².